The topological polar surface area (TPSA) is 49.4 Å². The van der Waals surface area contributed by atoms with Gasteiger partial charge in [-0.25, -0.2) is 0 Å². The number of likely N-dealkylation sites (tertiary alicyclic amines) is 1. The minimum Gasteiger partial charge on any atom is -0.344 e. The molecule has 1 aromatic rings. The van der Waals surface area contributed by atoms with Crippen LogP contribution < -0.4 is 5.32 Å². The number of nitrogens with one attached hydrogen (secondary N) is 1. The molecular weight excluding hydrogens is 296 g/mol. The van der Waals surface area contributed by atoms with Crippen molar-refractivity contribution in [3.8, 4) is 0 Å². The molecule has 0 aromatic carbocycles. The summed E-state index contributed by atoms with van der Waals surface area (Å²) in [6, 6.07) is 1.86. The first-order valence-corrected chi connectivity index (χ1v) is 9.24. The normalized spacial score (nSPS) is 23.7. The maximum Gasteiger partial charge on any atom is 0.245 e. The molecule has 1 aliphatic carbocycles. The fourth-order valence-electron chi connectivity index (χ4n) is 3.67. The Morgan fingerprint density at radius 2 is 2.05 bits per heavy atom. The summed E-state index contributed by atoms with van der Waals surface area (Å²) in [6.07, 6.45) is 6.25. The molecule has 1 N–H and O–H groups in total. The second-order valence-corrected chi connectivity index (χ2v) is 7.24. The van der Waals surface area contributed by atoms with Gasteiger partial charge in [0.2, 0.25) is 11.8 Å². The van der Waals surface area contributed by atoms with Gasteiger partial charge in [0.1, 0.15) is 6.04 Å². The summed E-state index contributed by atoms with van der Waals surface area (Å²) in [6.45, 7) is 2.61. The number of hydrogen-bond acceptors (Lipinski definition) is 3. The fourth-order valence-corrected chi connectivity index (χ4v) is 4.38. The number of hydrogen-bond donors (Lipinski definition) is 1. The molecule has 0 unspecified atom stereocenters. The van der Waals surface area contributed by atoms with Crippen molar-refractivity contribution < 1.29 is 9.59 Å². The van der Waals surface area contributed by atoms with Gasteiger partial charge in [0, 0.05) is 12.5 Å². The van der Waals surface area contributed by atoms with Gasteiger partial charge in [-0.05, 0) is 55.0 Å². The summed E-state index contributed by atoms with van der Waals surface area (Å²) in [4.78, 5) is 26.9. The Hall–Kier alpha value is -1.36. The Balaban J connectivity index is 1.61. The van der Waals surface area contributed by atoms with Gasteiger partial charge in [0.15, 0.2) is 0 Å². The summed E-state index contributed by atoms with van der Waals surface area (Å²) >= 11 is 1.67. The van der Waals surface area contributed by atoms with E-state index >= 15 is 0 Å². The zero-order valence-corrected chi connectivity index (χ0v) is 13.9. The van der Waals surface area contributed by atoms with Gasteiger partial charge >= 0.3 is 0 Å². The number of carbonyl (C=O) groups is 2. The highest BCUT2D eigenvalue weighted by molar-refractivity contribution is 7.07. The van der Waals surface area contributed by atoms with Crippen LogP contribution in [-0.2, 0) is 9.59 Å². The molecule has 0 radical (unpaired) electrons. The maximum absolute atomic E-state index is 12.7. The smallest absolute Gasteiger partial charge is 0.245 e. The zero-order valence-electron chi connectivity index (χ0n) is 13.1. The predicted molar refractivity (Wildman–Crippen MR) is 87.6 cm³/mol. The molecule has 22 heavy (non-hydrogen) atoms. The molecule has 2 amide bonds. The van der Waals surface area contributed by atoms with E-state index in [4.69, 9.17) is 0 Å². The molecule has 0 bridgehead atoms. The van der Waals surface area contributed by atoms with Crippen LogP contribution >= 0.6 is 11.3 Å². The van der Waals surface area contributed by atoms with Crippen LogP contribution in [-0.4, -0.2) is 29.3 Å². The quantitative estimate of drug-likeness (QED) is 0.927. The average Bonchev–Trinajstić information content (AvgIpc) is 3.26. The van der Waals surface area contributed by atoms with Gasteiger partial charge in [0.25, 0.3) is 0 Å². The third-order valence-electron chi connectivity index (χ3n) is 4.92. The summed E-state index contributed by atoms with van der Waals surface area (Å²) in [5, 5.41) is 7.12. The first-order chi connectivity index (χ1) is 10.7. The van der Waals surface area contributed by atoms with E-state index in [1.54, 1.807) is 11.3 Å². The van der Waals surface area contributed by atoms with Gasteiger partial charge in [-0.1, -0.05) is 12.8 Å². The van der Waals surface area contributed by atoms with E-state index in [0.717, 1.165) is 45.1 Å². The number of thiophene rings is 1. The number of carbonyl (C=O) groups excluding carboxylic acids is 2. The zero-order chi connectivity index (χ0) is 15.5. The third-order valence-corrected chi connectivity index (χ3v) is 5.62. The lowest BCUT2D eigenvalue weighted by Gasteiger charge is -2.28. The van der Waals surface area contributed by atoms with E-state index in [9.17, 15) is 9.59 Å². The molecular formula is C17H24N2O2S. The van der Waals surface area contributed by atoms with Crippen molar-refractivity contribution in [2.45, 2.75) is 57.5 Å². The highest BCUT2D eigenvalue weighted by Gasteiger charge is 2.34. The number of amides is 2. The molecule has 4 nitrogen and oxygen atoms in total. The molecule has 1 saturated heterocycles. The Labute approximate surface area is 135 Å². The van der Waals surface area contributed by atoms with Crippen LogP contribution in [0.15, 0.2) is 16.8 Å². The van der Waals surface area contributed by atoms with E-state index in [-0.39, 0.29) is 23.8 Å². The van der Waals surface area contributed by atoms with E-state index < -0.39 is 6.04 Å². The number of rotatable bonds is 4. The predicted octanol–water partition coefficient (Wildman–Crippen LogP) is 3.11. The van der Waals surface area contributed by atoms with Crippen LogP contribution in [0.4, 0.5) is 0 Å². The molecule has 0 spiro atoms. The Morgan fingerprint density at radius 1 is 1.27 bits per heavy atom. The molecule has 1 aliphatic heterocycles. The van der Waals surface area contributed by atoms with Crippen LogP contribution in [0.3, 0.4) is 0 Å². The van der Waals surface area contributed by atoms with Gasteiger partial charge in [-0.3, -0.25) is 9.59 Å². The summed E-state index contributed by atoms with van der Waals surface area (Å²) in [7, 11) is 0. The van der Waals surface area contributed by atoms with E-state index in [2.05, 4.69) is 22.1 Å². The lowest BCUT2D eigenvalue weighted by atomic mass is 10.1. The largest absolute Gasteiger partial charge is 0.344 e. The molecule has 120 valence electrons. The van der Waals surface area contributed by atoms with Crippen molar-refractivity contribution in [1.82, 2.24) is 10.2 Å². The second kappa shape index (κ2) is 6.82. The first kappa shape index (κ1) is 15.5. The SMILES string of the molecule is C[C@H](NC(=O)C1CCCC1)C(=O)N1CCC[C@@H]1c1ccsc1. The van der Waals surface area contributed by atoms with E-state index in [1.165, 1.54) is 5.56 Å². The summed E-state index contributed by atoms with van der Waals surface area (Å²) in [5.41, 5.74) is 1.23. The molecule has 5 heteroatoms. The molecule has 2 atom stereocenters. The lowest BCUT2D eigenvalue weighted by Crippen LogP contribution is -2.47. The van der Waals surface area contributed by atoms with Crippen molar-refractivity contribution in [2.24, 2.45) is 5.92 Å². The first-order valence-electron chi connectivity index (χ1n) is 8.30. The monoisotopic (exact) mass is 320 g/mol. The van der Waals surface area contributed by atoms with Crippen LogP contribution in [0.2, 0.25) is 0 Å². The Bertz CT molecular complexity index is 523. The van der Waals surface area contributed by atoms with Crippen LogP contribution in [0, 0.1) is 5.92 Å². The van der Waals surface area contributed by atoms with Gasteiger partial charge in [0.05, 0.1) is 6.04 Å². The van der Waals surface area contributed by atoms with Gasteiger partial charge in [-0.15, -0.1) is 0 Å². The van der Waals surface area contributed by atoms with Gasteiger partial charge < -0.3 is 10.2 Å². The fraction of sp³-hybridized carbons (Fsp3) is 0.647. The maximum atomic E-state index is 12.7. The Kier molecular flexibility index (Phi) is 4.81. The molecule has 1 saturated carbocycles. The standard InChI is InChI=1S/C17H24N2O2S/c1-12(18-16(20)13-5-2-3-6-13)17(21)19-9-4-7-15(19)14-8-10-22-11-14/h8,10-13,15H,2-7,9H2,1H3,(H,18,20)/t12-,15+/m0/s1. The van der Waals surface area contributed by atoms with Gasteiger partial charge in [-0.2, -0.15) is 11.3 Å². The minimum absolute atomic E-state index is 0.0556. The van der Waals surface area contributed by atoms with Crippen LogP contribution in [0.25, 0.3) is 0 Å². The summed E-state index contributed by atoms with van der Waals surface area (Å²) < 4.78 is 0. The lowest BCUT2D eigenvalue weighted by molar-refractivity contribution is -0.137. The van der Waals surface area contributed by atoms with Crippen molar-refractivity contribution in [1.29, 1.82) is 0 Å². The summed E-state index contributed by atoms with van der Waals surface area (Å²) in [5.74, 6) is 0.228. The molecule has 2 heterocycles. The van der Waals surface area contributed by atoms with Crippen LogP contribution in [0.1, 0.15) is 57.1 Å². The van der Waals surface area contributed by atoms with Crippen molar-refractivity contribution in [2.75, 3.05) is 6.54 Å². The minimum atomic E-state index is -0.424. The van der Waals surface area contributed by atoms with Crippen molar-refractivity contribution in [3.63, 3.8) is 0 Å². The molecule has 1 aromatic heterocycles. The molecule has 2 fully saturated rings. The highest BCUT2D eigenvalue weighted by atomic mass is 32.1. The van der Waals surface area contributed by atoms with Crippen LogP contribution in [0.5, 0.6) is 0 Å². The van der Waals surface area contributed by atoms with Crippen molar-refractivity contribution in [3.05, 3.63) is 22.4 Å². The Morgan fingerprint density at radius 3 is 2.73 bits per heavy atom. The third kappa shape index (κ3) is 3.19. The average molecular weight is 320 g/mol. The van der Waals surface area contributed by atoms with E-state index in [0.29, 0.717) is 0 Å². The highest BCUT2D eigenvalue weighted by Crippen LogP contribution is 2.33. The number of nitrogens with zero attached hydrogens (tertiary/aromatic N) is 1. The van der Waals surface area contributed by atoms with E-state index in [1.807, 2.05) is 11.8 Å². The molecule has 2 aliphatic rings. The second-order valence-electron chi connectivity index (χ2n) is 6.46. The molecule has 3 rings (SSSR count). The van der Waals surface area contributed by atoms with Crippen molar-refractivity contribution >= 4 is 23.2 Å².